The molecule has 0 unspecified atom stereocenters. The zero-order chi connectivity index (χ0) is 12.6. The van der Waals surface area contributed by atoms with Gasteiger partial charge in [-0.25, -0.2) is 4.79 Å². The highest BCUT2D eigenvalue weighted by Gasteiger charge is 2.28. The summed E-state index contributed by atoms with van der Waals surface area (Å²) < 4.78 is 10.4. The number of ketones is 1. The highest BCUT2D eigenvalue weighted by molar-refractivity contribution is 6.41. The van der Waals surface area contributed by atoms with Crippen molar-refractivity contribution in [3.8, 4) is 11.5 Å². The lowest BCUT2D eigenvalue weighted by atomic mass is 10.00. The molecule has 1 aliphatic rings. The van der Waals surface area contributed by atoms with Crippen molar-refractivity contribution >= 4 is 23.4 Å². The summed E-state index contributed by atoms with van der Waals surface area (Å²) in [5.74, 6) is -1.79. The fourth-order valence-electron chi connectivity index (χ4n) is 1.75. The summed E-state index contributed by atoms with van der Waals surface area (Å²) in [4.78, 5) is 22.2. The highest BCUT2D eigenvalue weighted by atomic mass is 35.5. The maximum Gasteiger partial charge on any atom is 0.377 e. The molecule has 0 atom stereocenters. The molecule has 0 fully saturated rings. The number of ether oxygens (including phenoxy) is 2. The van der Waals surface area contributed by atoms with Crippen molar-refractivity contribution in [1.29, 1.82) is 0 Å². The van der Waals surface area contributed by atoms with Crippen LogP contribution in [0.1, 0.15) is 22.8 Å². The number of carboxylic acid groups (broad SMARTS) is 1. The number of carboxylic acids is 1. The summed E-state index contributed by atoms with van der Waals surface area (Å²) in [6, 6.07) is 1.31. The van der Waals surface area contributed by atoms with Gasteiger partial charge in [0.2, 0.25) is 6.79 Å². The molecule has 2 rings (SSSR count). The third kappa shape index (κ3) is 1.82. The number of fused-ring (bicyclic) bond motifs is 1. The monoisotopic (exact) mass is 256 g/mol. The zero-order valence-corrected chi connectivity index (χ0v) is 9.71. The minimum absolute atomic E-state index is 0.0206. The second kappa shape index (κ2) is 4.25. The van der Waals surface area contributed by atoms with Gasteiger partial charge >= 0.3 is 5.97 Å². The van der Waals surface area contributed by atoms with E-state index in [1.165, 1.54) is 6.07 Å². The van der Waals surface area contributed by atoms with E-state index in [1.54, 1.807) is 6.92 Å². The number of carbonyl (C=O) groups is 2. The molecule has 0 bridgehead atoms. The quantitative estimate of drug-likeness (QED) is 0.660. The first kappa shape index (κ1) is 11.7. The molecule has 6 heteroatoms. The molecular formula is C11H9ClO5. The van der Waals surface area contributed by atoms with Crippen molar-refractivity contribution in [1.82, 2.24) is 0 Å². The lowest BCUT2D eigenvalue weighted by Gasteiger charge is -2.09. The highest BCUT2D eigenvalue weighted by Crippen LogP contribution is 2.43. The molecule has 0 radical (unpaired) electrons. The van der Waals surface area contributed by atoms with Crippen molar-refractivity contribution < 1.29 is 24.2 Å². The van der Waals surface area contributed by atoms with E-state index in [4.69, 9.17) is 26.2 Å². The molecule has 0 aliphatic carbocycles. The van der Waals surface area contributed by atoms with Gasteiger partial charge in [-0.15, -0.1) is 0 Å². The Balaban J connectivity index is 2.64. The van der Waals surface area contributed by atoms with Gasteiger partial charge in [-0.3, -0.25) is 4.79 Å². The molecule has 0 spiro atoms. The maximum atomic E-state index is 11.5. The molecule has 5 nitrogen and oxygen atoms in total. The number of hydrogen-bond acceptors (Lipinski definition) is 4. The van der Waals surface area contributed by atoms with Crippen LogP contribution in [0.4, 0.5) is 0 Å². The van der Waals surface area contributed by atoms with Gasteiger partial charge in [0.15, 0.2) is 11.5 Å². The van der Waals surface area contributed by atoms with E-state index in [-0.39, 0.29) is 17.4 Å². The molecule has 17 heavy (non-hydrogen) atoms. The van der Waals surface area contributed by atoms with E-state index in [1.807, 2.05) is 0 Å². The first-order valence-electron chi connectivity index (χ1n) is 4.94. The van der Waals surface area contributed by atoms with Crippen LogP contribution in [0.2, 0.25) is 5.02 Å². The predicted octanol–water partition coefficient (Wildman–Crippen LogP) is 1.90. The summed E-state index contributed by atoms with van der Waals surface area (Å²) in [5.41, 5.74) is 0.559. The summed E-state index contributed by atoms with van der Waals surface area (Å²) in [6.07, 6.45) is 0.456. The van der Waals surface area contributed by atoms with E-state index >= 15 is 0 Å². The lowest BCUT2D eigenvalue weighted by molar-refractivity contribution is -0.131. The third-order valence-corrected chi connectivity index (χ3v) is 2.77. The van der Waals surface area contributed by atoms with Gasteiger partial charge in [-0.05, 0) is 12.5 Å². The first-order chi connectivity index (χ1) is 8.06. The Morgan fingerprint density at radius 1 is 1.41 bits per heavy atom. The molecule has 1 aliphatic heterocycles. The van der Waals surface area contributed by atoms with Crippen LogP contribution in [0, 0.1) is 0 Å². The van der Waals surface area contributed by atoms with Crippen molar-refractivity contribution in [3.05, 3.63) is 22.2 Å². The van der Waals surface area contributed by atoms with E-state index in [0.29, 0.717) is 23.5 Å². The maximum absolute atomic E-state index is 11.5. The lowest BCUT2D eigenvalue weighted by Crippen LogP contribution is -2.15. The normalized spacial score (nSPS) is 12.6. The SMILES string of the molecule is CCc1c(C(=O)C(=O)O)cc(Cl)c2c1OCO2. The second-order valence-electron chi connectivity index (χ2n) is 3.44. The van der Waals surface area contributed by atoms with Gasteiger partial charge in [0.1, 0.15) is 0 Å². The summed E-state index contributed by atoms with van der Waals surface area (Å²) in [6.45, 7) is 1.82. The summed E-state index contributed by atoms with van der Waals surface area (Å²) in [5, 5.41) is 8.91. The number of halogens is 1. The van der Waals surface area contributed by atoms with Crippen molar-refractivity contribution in [2.24, 2.45) is 0 Å². The minimum atomic E-state index is -1.52. The summed E-state index contributed by atoms with van der Waals surface area (Å²) >= 11 is 5.90. The first-order valence-corrected chi connectivity index (χ1v) is 5.32. The average molecular weight is 257 g/mol. The number of hydrogen-bond donors (Lipinski definition) is 1. The molecular weight excluding hydrogens is 248 g/mol. The van der Waals surface area contributed by atoms with Crippen LogP contribution in [0.3, 0.4) is 0 Å². The van der Waals surface area contributed by atoms with E-state index in [0.717, 1.165) is 0 Å². The number of aliphatic carboxylic acids is 1. The van der Waals surface area contributed by atoms with E-state index in [9.17, 15) is 9.59 Å². The van der Waals surface area contributed by atoms with Gasteiger partial charge in [0.05, 0.1) is 5.02 Å². The van der Waals surface area contributed by atoms with Crippen LogP contribution in [0.5, 0.6) is 11.5 Å². The van der Waals surface area contributed by atoms with Crippen LogP contribution in [0.25, 0.3) is 0 Å². The van der Waals surface area contributed by atoms with E-state index < -0.39 is 11.8 Å². The Kier molecular flexibility index (Phi) is 2.93. The topological polar surface area (TPSA) is 72.8 Å². The fourth-order valence-corrected chi connectivity index (χ4v) is 2.00. The Morgan fingerprint density at radius 2 is 2.06 bits per heavy atom. The van der Waals surface area contributed by atoms with Gasteiger partial charge < -0.3 is 14.6 Å². The minimum Gasteiger partial charge on any atom is -0.475 e. The molecule has 1 aromatic carbocycles. The zero-order valence-electron chi connectivity index (χ0n) is 8.95. The molecule has 0 saturated heterocycles. The van der Waals surface area contributed by atoms with Gasteiger partial charge in [-0.2, -0.15) is 0 Å². The fraction of sp³-hybridized carbons (Fsp3) is 0.273. The van der Waals surface area contributed by atoms with Crippen LogP contribution < -0.4 is 9.47 Å². The molecule has 90 valence electrons. The van der Waals surface area contributed by atoms with Crippen LogP contribution in [-0.2, 0) is 11.2 Å². The van der Waals surface area contributed by atoms with Gasteiger partial charge in [-0.1, -0.05) is 18.5 Å². The predicted molar refractivity (Wildman–Crippen MR) is 58.9 cm³/mol. The number of rotatable bonds is 3. The van der Waals surface area contributed by atoms with Gasteiger partial charge in [0, 0.05) is 11.1 Å². The van der Waals surface area contributed by atoms with Crippen molar-refractivity contribution in [3.63, 3.8) is 0 Å². The standard InChI is InChI=1S/C11H9ClO5/c1-2-5-6(8(13)11(14)15)3-7(12)10-9(5)16-4-17-10/h3H,2,4H2,1H3,(H,14,15). The smallest absolute Gasteiger partial charge is 0.377 e. The molecule has 0 saturated carbocycles. The Morgan fingerprint density at radius 3 is 2.65 bits per heavy atom. The van der Waals surface area contributed by atoms with E-state index in [2.05, 4.69) is 0 Å². The van der Waals surface area contributed by atoms with Gasteiger partial charge in [0.25, 0.3) is 5.78 Å². The Bertz CT molecular complexity index is 509. The number of benzene rings is 1. The van der Waals surface area contributed by atoms with Crippen LogP contribution >= 0.6 is 11.6 Å². The molecule has 0 aromatic heterocycles. The van der Waals surface area contributed by atoms with Crippen LogP contribution in [-0.4, -0.2) is 23.7 Å². The molecule has 1 aromatic rings. The molecule has 1 N–H and O–H groups in total. The summed E-state index contributed by atoms with van der Waals surface area (Å²) in [7, 11) is 0. The molecule has 1 heterocycles. The number of Topliss-reactive ketones (excluding diaryl/α,β-unsaturated/α-hetero) is 1. The average Bonchev–Trinajstić information content (AvgIpc) is 2.77. The van der Waals surface area contributed by atoms with Crippen molar-refractivity contribution in [2.45, 2.75) is 13.3 Å². The van der Waals surface area contributed by atoms with Crippen LogP contribution in [0.15, 0.2) is 6.07 Å². The largest absolute Gasteiger partial charge is 0.475 e. The van der Waals surface area contributed by atoms with Crippen molar-refractivity contribution in [2.75, 3.05) is 6.79 Å². The Labute approximate surface area is 102 Å². The number of carbonyl (C=O) groups excluding carboxylic acids is 1. The molecule has 0 amide bonds. The third-order valence-electron chi connectivity index (χ3n) is 2.49. The second-order valence-corrected chi connectivity index (χ2v) is 3.84. The Hall–Kier alpha value is -1.75.